The Labute approximate surface area is 216 Å². The summed E-state index contributed by atoms with van der Waals surface area (Å²) in [4.78, 5) is 0. The van der Waals surface area contributed by atoms with Crippen LogP contribution in [0, 0.1) is 24.7 Å². The zero-order valence-corrected chi connectivity index (χ0v) is 22.7. The normalized spacial score (nSPS) is 22.0. The monoisotopic (exact) mass is 496 g/mol. The van der Waals surface area contributed by atoms with Gasteiger partial charge in [-0.25, -0.2) is 0 Å². The molecule has 186 valence electrons. The van der Waals surface area contributed by atoms with Crippen LogP contribution < -0.4 is 10.6 Å². The van der Waals surface area contributed by atoms with Crippen LogP contribution in [0.3, 0.4) is 0 Å². The van der Waals surface area contributed by atoms with Gasteiger partial charge < -0.3 is 4.52 Å². The molecule has 1 aliphatic rings. The molecule has 0 radical (unpaired) electrons. The van der Waals surface area contributed by atoms with Gasteiger partial charge in [-0.1, -0.05) is 100.0 Å². The molecule has 0 saturated heterocycles. The highest BCUT2D eigenvalue weighted by Crippen LogP contribution is 2.53. The predicted molar refractivity (Wildman–Crippen MR) is 154 cm³/mol. The molecular formula is C33H37O2P. The van der Waals surface area contributed by atoms with Gasteiger partial charge in [-0.15, -0.1) is 0 Å². The lowest BCUT2D eigenvalue weighted by Crippen LogP contribution is -2.36. The second kappa shape index (κ2) is 10.4. The van der Waals surface area contributed by atoms with Crippen LogP contribution in [0.25, 0.3) is 21.9 Å². The Hall–Kier alpha value is -2.67. The van der Waals surface area contributed by atoms with Crippen molar-refractivity contribution in [2.24, 2.45) is 17.8 Å². The van der Waals surface area contributed by atoms with Gasteiger partial charge in [0.05, 0.1) is 6.10 Å². The van der Waals surface area contributed by atoms with Gasteiger partial charge in [0.1, 0.15) is 0 Å². The van der Waals surface area contributed by atoms with Crippen molar-refractivity contribution in [1.82, 2.24) is 0 Å². The number of aryl methyl sites for hydroxylation is 1. The average Bonchev–Trinajstić information content (AvgIpc) is 2.89. The van der Waals surface area contributed by atoms with E-state index in [-0.39, 0.29) is 6.10 Å². The molecule has 1 saturated carbocycles. The fourth-order valence-corrected chi connectivity index (χ4v) is 8.46. The molecule has 0 heterocycles. The summed E-state index contributed by atoms with van der Waals surface area (Å²) in [5.74, 6) is 1.46. The minimum atomic E-state index is -3.42. The highest BCUT2D eigenvalue weighted by molar-refractivity contribution is 7.74. The Morgan fingerprint density at radius 2 is 1.53 bits per heavy atom. The van der Waals surface area contributed by atoms with Gasteiger partial charge in [0.2, 0.25) is 0 Å². The summed E-state index contributed by atoms with van der Waals surface area (Å²) in [5, 5.41) is 3.84. The van der Waals surface area contributed by atoms with E-state index in [0.29, 0.717) is 17.8 Å². The van der Waals surface area contributed by atoms with E-state index in [1.807, 2.05) is 30.3 Å². The zero-order chi connectivity index (χ0) is 25.3. The lowest BCUT2D eigenvalue weighted by atomic mass is 9.75. The molecule has 2 nitrogen and oxygen atoms in total. The lowest BCUT2D eigenvalue weighted by Gasteiger charge is -2.39. The number of benzene rings is 4. The molecule has 0 bridgehead atoms. The first-order valence-electron chi connectivity index (χ1n) is 13.3. The van der Waals surface area contributed by atoms with Crippen LogP contribution in [0.15, 0.2) is 91.0 Å². The summed E-state index contributed by atoms with van der Waals surface area (Å²) in [5.41, 5.74) is 3.31. The first-order chi connectivity index (χ1) is 17.4. The van der Waals surface area contributed by atoms with Gasteiger partial charge in [0.25, 0.3) is 7.37 Å². The average molecular weight is 497 g/mol. The molecule has 5 rings (SSSR count). The number of fused-ring (bicyclic) bond motifs is 1. The topological polar surface area (TPSA) is 26.3 Å². The Bertz CT molecular complexity index is 1390. The standard InChI is InChI=1S/C33H37O2P/c1-23(2)28-20-18-24(3)22-31(28)35-36(34,27-14-6-5-7-15-27)32-21-19-26-13-9-11-17-30(26)33(32)29-16-10-8-12-25(29)4/h5-17,19,21,23-24,28,31H,18,20,22H2,1-4H3/t24-,28+,31-,36?/m0/s1. The highest BCUT2D eigenvalue weighted by Gasteiger charge is 2.40. The predicted octanol–water partition coefficient (Wildman–Crippen LogP) is 8.52. The third-order valence-electron chi connectivity index (χ3n) is 7.98. The van der Waals surface area contributed by atoms with Gasteiger partial charge >= 0.3 is 0 Å². The largest absolute Gasteiger partial charge is 0.318 e. The smallest absolute Gasteiger partial charge is 0.262 e. The summed E-state index contributed by atoms with van der Waals surface area (Å²) in [6.45, 7) is 8.99. The minimum absolute atomic E-state index is 0.0315. The van der Waals surface area contributed by atoms with E-state index in [1.54, 1.807) is 0 Å². The van der Waals surface area contributed by atoms with Gasteiger partial charge in [0.15, 0.2) is 0 Å². The van der Waals surface area contributed by atoms with Gasteiger partial charge in [-0.2, -0.15) is 0 Å². The van der Waals surface area contributed by atoms with Gasteiger partial charge in [-0.05, 0) is 77.6 Å². The molecule has 1 unspecified atom stereocenters. The molecular weight excluding hydrogens is 459 g/mol. The summed E-state index contributed by atoms with van der Waals surface area (Å²) < 4.78 is 22.5. The van der Waals surface area contributed by atoms with Gasteiger partial charge in [0, 0.05) is 16.2 Å². The molecule has 36 heavy (non-hydrogen) atoms. The molecule has 0 aromatic heterocycles. The number of rotatable bonds is 6. The lowest BCUT2D eigenvalue weighted by molar-refractivity contribution is 0.0514. The Morgan fingerprint density at radius 1 is 0.833 bits per heavy atom. The number of hydrogen-bond acceptors (Lipinski definition) is 2. The van der Waals surface area contributed by atoms with Crippen molar-refractivity contribution in [2.75, 3.05) is 0 Å². The molecule has 0 spiro atoms. The third-order valence-corrected chi connectivity index (χ3v) is 10.5. The van der Waals surface area contributed by atoms with Crippen molar-refractivity contribution in [3.63, 3.8) is 0 Å². The molecule has 4 aromatic carbocycles. The van der Waals surface area contributed by atoms with E-state index in [1.165, 1.54) is 12.0 Å². The van der Waals surface area contributed by atoms with Crippen molar-refractivity contribution >= 4 is 28.8 Å². The van der Waals surface area contributed by atoms with Crippen LogP contribution in [0.4, 0.5) is 0 Å². The van der Waals surface area contributed by atoms with Crippen LogP contribution in [-0.2, 0) is 9.09 Å². The van der Waals surface area contributed by atoms with E-state index >= 15 is 4.57 Å². The molecule has 1 aliphatic carbocycles. The van der Waals surface area contributed by atoms with Crippen LogP contribution >= 0.6 is 7.37 Å². The SMILES string of the molecule is Cc1ccccc1-c1c(P(=O)(O[C@H]2C[C@@H](C)CC[C@@H]2C(C)C)c2ccccc2)ccc2ccccc12. The molecule has 3 heteroatoms. The molecule has 0 N–H and O–H groups in total. The first-order valence-corrected chi connectivity index (χ1v) is 14.9. The maximum absolute atomic E-state index is 15.5. The fourth-order valence-electron chi connectivity index (χ4n) is 5.95. The molecule has 0 aliphatic heterocycles. The second-order valence-electron chi connectivity index (χ2n) is 10.9. The van der Waals surface area contributed by atoms with Crippen LogP contribution in [0.2, 0.25) is 0 Å². The molecule has 4 aromatic rings. The number of hydrogen-bond donors (Lipinski definition) is 0. The summed E-state index contributed by atoms with van der Waals surface area (Å²) in [6, 6.07) is 30.9. The van der Waals surface area contributed by atoms with Gasteiger partial charge in [-0.3, -0.25) is 4.57 Å². The van der Waals surface area contributed by atoms with E-state index in [0.717, 1.165) is 45.4 Å². The van der Waals surface area contributed by atoms with E-state index in [9.17, 15) is 0 Å². The maximum atomic E-state index is 15.5. The summed E-state index contributed by atoms with van der Waals surface area (Å²) in [7, 11) is -3.42. The van der Waals surface area contributed by atoms with Crippen LogP contribution in [0.1, 0.15) is 45.6 Å². The van der Waals surface area contributed by atoms with E-state index in [2.05, 4.69) is 88.4 Å². The highest BCUT2D eigenvalue weighted by atomic mass is 31.2. The zero-order valence-electron chi connectivity index (χ0n) is 21.9. The minimum Gasteiger partial charge on any atom is -0.318 e. The molecule has 0 amide bonds. The maximum Gasteiger partial charge on any atom is 0.262 e. The van der Waals surface area contributed by atoms with Crippen LogP contribution in [0.5, 0.6) is 0 Å². The van der Waals surface area contributed by atoms with Crippen molar-refractivity contribution in [2.45, 2.75) is 53.1 Å². The third kappa shape index (κ3) is 4.70. The molecule has 4 atom stereocenters. The Kier molecular flexibility index (Phi) is 7.20. The molecule has 1 fully saturated rings. The van der Waals surface area contributed by atoms with E-state index in [4.69, 9.17) is 4.52 Å². The first kappa shape index (κ1) is 25.0. The summed E-state index contributed by atoms with van der Waals surface area (Å²) in [6.07, 6.45) is 3.26. The van der Waals surface area contributed by atoms with Crippen molar-refractivity contribution in [3.05, 3.63) is 96.6 Å². The van der Waals surface area contributed by atoms with Crippen molar-refractivity contribution < 1.29 is 9.09 Å². The summed E-state index contributed by atoms with van der Waals surface area (Å²) >= 11 is 0. The quantitative estimate of drug-likeness (QED) is 0.250. The fraction of sp³-hybridized carbons (Fsp3) is 0.333. The van der Waals surface area contributed by atoms with Crippen LogP contribution in [-0.4, -0.2) is 6.10 Å². The van der Waals surface area contributed by atoms with E-state index < -0.39 is 7.37 Å². The Balaban J connectivity index is 1.77. The van der Waals surface area contributed by atoms with Crippen molar-refractivity contribution in [3.8, 4) is 11.1 Å². The van der Waals surface area contributed by atoms with Crippen molar-refractivity contribution in [1.29, 1.82) is 0 Å². The second-order valence-corrected chi connectivity index (χ2v) is 13.2. The Morgan fingerprint density at radius 3 is 2.28 bits per heavy atom.